The SMILES string of the molecule is COc1ccc(OCCCC(=O)NNC(=O)c2ccc(Br)cc2)cc1. The van der Waals surface area contributed by atoms with Crippen LogP contribution in [0.5, 0.6) is 11.5 Å². The summed E-state index contributed by atoms with van der Waals surface area (Å²) < 4.78 is 11.5. The van der Waals surface area contributed by atoms with Gasteiger partial charge in [0.25, 0.3) is 5.91 Å². The summed E-state index contributed by atoms with van der Waals surface area (Å²) in [4.78, 5) is 23.6. The molecule has 0 spiro atoms. The van der Waals surface area contributed by atoms with Crippen LogP contribution in [0.15, 0.2) is 53.0 Å². The maximum Gasteiger partial charge on any atom is 0.269 e. The third-order valence-corrected chi connectivity index (χ3v) is 3.83. The van der Waals surface area contributed by atoms with Crippen LogP contribution in [0.3, 0.4) is 0 Å². The van der Waals surface area contributed by atoms with Crippen molar-refractivity contribution in [2.75, 3.05) is 13.7 Å². The van der Waals surface area contributed by atoms with Gasteiger partial charge in [0, 0.05) is 16.5 Å². The fourth-order valence-electron chi connectivity index (χ4n) is 1.96. The molecule has 132 valence electrons. The Kier molecular flexibility index (Phi) is 7.28. The molecule has 7 heteroatoms. The van der Waals surface area contributed by atoms with E-state index in [1.807, 2.05) is 0 Å². The van der Waals surface area contributed by atoms with E-state index in [2.05, 4.69) is 26.8 Å². The van der Waals surface area contributed by atoms with E-state index >= 15 is 0 Å². The predicted octanol–water partition coefficient (Wildman–Crippen LogP) is 3.08. The molecular weight excluding hydrogens is 388 g/mol. The number of hydrazine groups is 1. The Balaban J connectivity index is 1.63. The first-order valence-electron chi connectivity index (χ1n) is 7.70. The van der Waals surface area contributed by atoms with Gasteiger partial charge in [-0.1, -0.05) is 15.9 Å². The van der Waals surface area contributed by atoms with Gasteiger partial charge in [0.05, 0.1) is 13.7 Å². The Morgan fingerprint density at radius 2 is 1.60 bits per heavy atom. The van der Waals surface area contributed by atoms with Gasteiger partial charge in [0.15, 0.2) is 0 Å². The van der Waals surface area contributed by atoms with Crippen molar-refractivity contribution in [2.45, 2.75) is 12.8 Å². The minimum absolute atomic E-state index is 0.247. The first kappa shape index (κ1) is 18.8. The average Bonchev–Trinajstić information content (AvgIpc) is 2.64. The number of amides is 2. The van der Waals surface area contributed by atoms with Gasteiger partial charge in [-0.2, -0.15) is 0 Å². The van der Waals surface area contributed by atoms with E-state index in [4.69, 9.17) is 9.47 Å². The number of hydrogen-bond acceptors (Lipinski definition) is 4. The molecule has 0 saturated carbocycles. The topological polar surface area (TPSA) is 76.7 Å². The van der Waals surface area contributed by atoms with Crippen molar-refractivity contribution in [1.29, 1.82) is 0 Å². The first-order valence-corrected chi connectivity index (χ1v) is 8.49. The molecule has 0 aliphatic rings. The molecule has 2 amide bonds. The molecule has 0 aliphatic heterocycles. The average molecular weight is 407 g/mol. The molecule has 0 atom stereocenters. The maximum atomic E-state index is 11.9. The fraction of sp³-hybridized carbons (Fsp3) is 0.222. The standard InChI is InChI=1S/C18H19BrN2O4/c1-24-15-8-10-16(11-9-15)25-12-2-3-17(22)20-21-18(23)13-4-6-14(19)7-5-13/h4-11H,2-3,12H2,1H3,(H,20,22)(H,21,23). The van der Waals surface area contributed by atoms with Crippen LogP contribution in [0.1, 0.15) is 23.2 Å². The van der Waals surface area contributed by atoms with Crippen LogP contribution in [0.4, 0.5) is 0 Å². The summed E-state index contributed by atoms with van der Waals surface area (Å²) in [5.41, 5.74) is 5.23. The van der Waals surface area contributed by atoms with Gasteiger partial charge in [0.1, 0.15) is 11.5 Å². The molecule has 0 unspecified atom stereocenters. The van der Waals surface area contributed by atoms with E-state index in [-0.39, 0.29) is 18.2 Å². The molecule has 25 heavy (non-hydrogen) atoms. The summed E-state index contributed by atoms with van der Waals surface area (Å²) in [5.74, 6) is 0.831. The molecule has 0 fully saturated rings. The lowest BCUT2D eigenvalue weighted by molar-refractivity contribution is -0.122. The Hall–Kier alpha value is -2.54. The first-order chi connectivity index (χ1) is 12.1. The molecule has 0 aromatic heterocycles. The quantitative estimate of drug-likeness (QED) is 0.547. The number of carbonyl (C=O) groups is 2. The highest BCUT2D eigenvalue weighted by Crippen LogP contribution is 2.17. The van der Waals surface area contributed by atoms with Crippen LogP contribution in [-0.4, -0.2) is 25.5 Å². The molecule has 2 rings (SSSR count). The summed E-state index contributed by atoms with van der Waals surface area (Å²) >= 11 is 3.30. The van der Waals surface area contributed by atoms with E-state index in [1.54, 1.807) is 55.6 Å². The molecular formula is C18H19BrN2O4. The van der Waals surface area contributed by atoms with E-state index in [0.717, 1.165) is 10.2 Å². The zero-order valence-electron chi connectivity index (χ0n) is 13.8. The van der Waals surface area contributed by atoms with Crippen LogP contribution in [0, 0.1) is 0 Å². The van der Waals surface area contributed by atoms with Gasteiger partial charge in [-0.3, -0.25) is 20.4 Å². The lowest BCUT2D eigenvalue weighted by atomic mass is 10.2. The maximum absolute atomic E-state index is 11.9. The smallest absolute Gasteiger partial charge is 0.269 e. The van der Waals surface area contributed by atoms with Crippen LogP contribution >= 0.6 is 15.9 Å². The molecule has 0 aliphatic carbocycles. The Bertz CT molecular complexity index is 702. The summed E-state index contributed by atoms with van der Waals surface area (Å²) in [7, 11) is 1.60. The largest absolute Gasteiger partial charge is 0.497 e. The fourth-order valence-corrected chi connectivity index (χ4v) is 2.22. The van der Waals surface area contributed by atoms with Crippen LogP contribution < -0.4 is 20.3 Å². The van der Waals surface area contributed by atoms with Gasteiger partial charge in [0.2, 0.25) is 5.91 Å². The molecule has 0 heterocycles. The van der Waals surface area contributed by atoms with Crippen LogP contribution in [0.2, 0.25) is 0 Å². The number of nitrogens with one attached hydrogen (secondary N) is 2. The van der Waals surface area contributed by atoms with Gasteiger partial charge in [-0.05, 0) is 55.0 Å². The normalized spacial score (nSPS) is 10.0. The van der Waals surface area contributed by atoms with Crippen LogP contribution in [0.25, 0.3) is 0 Å². The van der Waals surface area contributed by atoms with Gasteiger partial charge < -0.3 is 9.47 Å². The molecule has 2 aromatic carbocycles. The van der Waals surface area contributed by atoms with Gasteiger partial charge >= 0.3 is 0 Å². The zero-order chi connectivity index (χ0) is 18.1. The van der Waals surface area contributed by atoms with Crippen molar-refractivity contribution in [3.63, 3.8) is 0 Å². The monoisotopic (exact) mass is 406 g/mol. The Morgan fingerprint density at radius 3 is 2.24 bits per heavy atom. The third kappa shape index (κ3) is 6.46. The number of methoxy groups -OCH3 is 1. The highest BCUT2D eigenvalue weighted by molar-refractivity contribution is 9.10. The van der Waals surface area contributed by atoms with Crippen LogP contribution in [-0.2, 0) is 4.79 Å². The number of carbonyl (C=O) groups excluding carboxylic acids is 2. The molecule has 0 bridgehead atoms. The molecule has 6 nitrogen and oxygen atoms in total. The molecule has 0 radical (unpaired) electrons. The van der Waals surface area contributed by atoms with Crippen molar-refractivity contribution in [3.05, 3.63) is 58.6 Å². The number of ether oxygens (including phenoxy) is 2. The Labute approximate surface area is 154 Å². The van der Waals surface area contributed by atoms with Crippen molar-refractivity contribution >= 4 is 27.7 Å². The lowest BCUT2D eigenvalue weighted by Gasteiger charge is -2.09. The number of halogens is 1. The second kappa shape index (κ2) is 9.68. The van der Waals surface area contributed by atoms with E-state index < -0.39 is 0 Å². The number of benzene rings is 2. The second-order valence-electron chi connectivity index (χ2n) is 5.14. The summed E-state index contributed by atoms with van der Waals surface area (Å²) in [6.07, 6.45) is 0.781. The van der Waals surface area contributed by atoms with Crippen molar-refractivity contribution < 1.29 is 19.1 Å². The zero-order valence-corrected chi connectivity index (χ0v) is 15.3. The highest BCUT2D eigenvalue weighted by Gasteiger charge is 2.07. The van der Waals surface area contributed by atoms with Crippen molar-refractivity contribution in [3.8, 4) is 11.5 Å². The minimum Gasteiger partial charge on any atom is -0.497 e. The number of rotatable bonds is 7. The van der Waals surface area contributed by atoms with E-state index in [9.17, 15) is 9.59 Å². The minimum atomic E-state index is -0.365. The van der Waals surface area contributed by atoms with Gasteiger partial charge in [-0.25, -0.2) is 0 Å². The van der Waals surface area contributed by atoms with E-state index in [1.165, 1.54) is 0 Å². The van der Waals surface area contributed by atoms with Crippen molar-refractivity contribution in [2.24, 2.45) is 0 Å². The highest BCUT2D eigenvalue weighted by atomic mass is 79.9. The molecule has 2 N–H and O–H groups in total. The van der Waals surface area contributed by atoms with Gasteiger partial charge in [-0.15, -0.1) is 0 Å². The van der Waals surface area contributed by atoms with E-state index in [0.29, 0.717) is 24.3 Å². The predicted molar refractivity (Wildman–Crippen MR) is 97.5 cm³/mol. The van der Waals surface area contributed by atoms with Crippen molar-refractivity contribution in [1.82, 2.24) is 10.9 Å². The summed E-state index contributed by atoms with van der Waals surface area (Å²) in [6.45, 7) is 0.403. The third-order valence-electron chi connectivity index (χ3n) is 3.30. The lowest BCUT2D eigenvalue weighted by Crippen LogP contribution is -2.41. The molecule has 0 saturated heterocycles. The summed E-state index contributed by atoms with van der Waals surface area (Å²) in [6, 6.07) is 14.1. The summed E-state index contributed by atoms with van der Waals surface area (Å²) in [5, 5.41) is 0. The number of hydrogen-bond donors (Lipinski definition) is 2. The second-order valence-corrected chi connectivity index (χ2v) is 6.05. The Morgan fingerprint density at radius 1 is 0.960 bits per heavy atom. The molecule has 2 aromatic rings.